The fourth-order valence-electron chi connectivity index (χ4n) is 3.90. The van der Waals surface area contributed by atoms with Gasteiger partial charge in [-0.05, 0) is 36.5 Å². The van der Waals surface area contributed by atoms with Crippen molar-refractivity contribution in [3.8, 4) is 0 Å². The third-order valence-corrected chi connectivity index (χ3v) is 5.81. The molecule has 7 nitrogen and oxygen atoms in total. The zero-order valence-electron chi connectivity index (χ0n) is 18.5. The van der Waals surface area contributed by atoms with Crippen LogP contribution in [-0.4, -0.2) is 48.2 Å². The number of carbonyl (C=O) groups excluding carboxylic acids is 2. The number of amides is 2. The number of nitrogens with one attached hydrogen (secondary N) is 1. The Hall–Kier alpha value is -2.93. The fraction of sp³-hybridized carbons (Fsp3) is 0.458. The van der Waals surface area contributed by atoms with Crippen molar-refractivity contribution in [3.63, 3.8) is 0 Å². The van der Waals surface area contributed by atoms with E-state index in [9.17, 15) is 9.59 Å². The van der Waals surface area contributed by atoms with Crippen LogP contribution in [0.3, 0.4) is 0 Å². The molecule has 1 N–H and O–H groups in total. The Kier molecular flexibility index (Phi) is 8.00. The molecule has 1 aliphatic heterocycles. The Morgan fingerprint density at radius 1 is 1.19 bits per heavy atom. The monoisotopic (exact) mass is 424 g/mol. The molecule has 3 atom stereocenters. The molecule has 3 rings (SSSR count). The number of pyridine rings is 1. The summed E-state index contributed by atoms with van der Waals surface area (Å²) in [4.78, 5) is 37.4. The maximum Gasteiger partial charge on any atom is 0.426 e. The van der Waals surface area contributed by atoms with Gasteiger partial charge in [0.1, 0.15) is 6.04 Å². The molecule has 166 valence electrons. The number of hydrogen-bond donors (Lipinski definition) is 1. The van der Waals surface area contributed by atoms with E-state index in [2.05, 4.69) is 17.2 Å². The molecule has 1 aliphatic rings. The lowest BCUT2D eigenvalue weighted by atomic mass is 9.92. The quantitative estimate of drug-likeness (QED) is 0.759. The molecular weight excluding hydrogens is 392 g/mol. The molecule has 0 spiro atoms. The number of hydroxylamine groups is 2. The van der Waals surface area contributed by atoms with Crippen molar-refractivity contribution in [1.29, 1.82) is 0 Å². The summed E-state index contributed by atoms with van der Waals surface area (Å²) in [6.45, 7) is 5.51. The van der Waals surface area contributed by atoms with Crippen LogP contribution >= 0.6 is 0 Å². The maximum atomic E-state index is 13.4. The van der Waals surface area contributed by atoms with Gasteiger partial charge in [-0.3, -0.25) is 9.78 Å². The first kappa shape index (κ1) is 22.7. The van der Waals surface area contributed by atoms with Gasteiger partial charge in [0.2, 0.25) is 5.91 Å². The molecule has 2 amide bonds. The smallest absolute Gasteiger partial charge is 0.351 e. The molecule has 1 fully saturated rings. The topological polar surface area (TPSA) is 74.8 Å². The van der Waals surface area contributed by atoms with Gasteiger partial charge in [0.25, 0.3) is 0 Å². The van der Waals surface area contributed by atoms with Crippen molar-refractivity contribution in [2.45, 2.75) is 45.1 Å². The Labute approximate surface area is 184 Å². The molecule has 2 heterocycles. The van der Waals surface area contributed by atoms with Crippen LogP contribution in [0.25, 0.3) is 0 Å². The van der Waals surface area contributed by atoms with Crippen molar-refractivity contribution < 1.29 is 14.4 Å². The minimum atomic E-state index is -0.787. The standard InChI is InChI=1S/C24H32N4O3/c1-18-10-7-8-15-28(17-18)31-24(30)26-22(19(2)20-11-5-4-6-12-20)23(29)27(3)21-13-9-14-25-16-21/h4-6,9,11-14,16,18-19,22H,7-8,10,15,17H2,1-3H3,(H,26,30)/t18?,19-,22?/m0/s1. The molecule has 0 saturated carbocycles. The lowest BCUT2D eigenvalue weighted by Gasteiger charge is -2.29. The average Bonchev–Trinajstić information content (AvgIpc) is 3.00. The fourth-order valence-corrected chi connectivity index (χ4v) is 3.90. The van der Waals surface area contributed by atoms with E-state index in [-0.39, 0.29) is 11.8 Å². The van der Waals surface area contributed by atoms with E-state index in [1.54, 1.807) is 30.6 Å². The minimum Gasteiger partial charge on any atom is -0.351 e. The average molecular weight is 425 g/mol. The highest BCUT2D eigenvalue weighted by Gasteiger charge is 2.32. The number of rotatable bonds is 6. The van der Waals surface area contributed by atoms with Crippen LogP contribution in [-0.2, 0) is 9.63 Å². The zero-order valence-corrected chi connectivity index (χ0v) is 18.5. The van der Waals surface area contributed by atoms with Crippen LogP contribution in [0.1, 0.15) is 44.6 Å². The van der Waals surface area contributed by atoms with Gasteiger partial charge in [-0.25, -0.2) is 4.79 Å². The number of nitrogens with zero attached hydrogens (tertiary/aromatic N) is 3. The van der Waals surface area contributed by atoms with Crippen molar-refractivity contribution in [1.82, 2.24) is 15.4 Å². The van der Waals surface area contributed by atoms with E-state index in [1.807, 2.05) is 43.3 Å². The number of likely N-dealkylation sites (N-methyl/N-ethyl adjacent to an activating group) is 1. The first-order valence-corrected chi connectivity index (χ1v) is 10.9. The van der Waals surface area contributed by atoms with Crippen LogP contribution < -0.4 is 10.2 Å². The summed E-state index contributed by atoms with van der Waals surface area (Å²) in [5.74, 6) is -0.0124. The van der Waals surface area contributed by atoms with Gasteiger partial charge in [0, 0.05) is 32.3 Å². The summed E-state index contributed by atoms with van der Waals surface area (Å²) in [6.07, 6.45) is 5.93. The minimum absolute atomic E-state index is 0.231. The molecule has 0 bridgehead atoms. The molecule has 1 saturated heterocycles. The van der Waals surface area contributed by atoms with Gasteiger partial charge in [-0.15, -0.1) is 5.06 Å². The summed E-state index contributed by atoms with van der Waals surface area (Å²) in [5.41, 5.74) is 1.62. The van der Waals surface area contributed by atoms with Crippen LogP contribution in [0.4, 0.5) is 10.5 Å². The normalized spacial score (nSPS) is 19.0. The van der Waals surface area contributed by atoms with Gasteiger partial charge in [0.05, 0.1) is 11.9 Å². The van der Waals surface area contributed by atoms with Crippen molar-refractivity contribution >= 4 is 17.7 Å². The van der Waals surface area contributed by atoms with Gasteiger partial charge in [0.15, 0.2) is 0 Å². The zero-order chi connectivity index (χ0) is 22.2. The Morgan fingerprint density at radius 3 is 2.68 bits per heavy atom. The van der Waals surface area contributed by atoms with E-state index in [0.29, 0.717) is 24.7 Å². The maximum absolute atomic E-state index is 13.4. The van der Waals surface area contributed by atoms with E-state index in [4.69, 9.17) is 4.84 Å². The molecular formula is C24H32N4O3. The predicted octanol–water partition coefficient (Wildman–Crippen LogP) is 3.98. The predicted molar refractivity (Wildman–Crippen MR) is 120 cm³/mol. The van der Waals surface area contributed by atoms with E-state index < -0.39 is 12.1 Å². The number of carbonyl (C=O) groups is 2. The van der Waals surface area contributed by atoms with Crippen LogP contribution in [0.15, 0.2) is 54.9 Å². The summed E-state index contributed by atoms with van der Waals surface area (Å²) < 4.78 is 0. The Balaban J connectivity index is 1.76. The van der Waals surface area contributed by atoms with Crippen molar-refractivity contribution in [2.24, 2.45) is 5.92 Å². The molecule has 0 radical (unpaired) electrons. The summed E-state index contributed by atoms with van der Waals surface area (Å²) >= 11 is 0. The Bertz CT molecular complexity index is 846. The van der Waals surface area contributed by atoms with Gasteiger partial charge >= 0.3 is 6.09 Å². The molecule has 2 unspecified atom stereocenters. The second kappa shape index (κ2) is 10.9. The third-order valence-electron chi connectivity index (χ3n) is 5.81. The summed E-state index contributed by atoms with van der Waals surface area (Å²) in [5, 5.41) is 4.55. The van der Waals surface area contributed by atoms with Gasteiger partial charge in [-0.2, -0.15) is 0 Å². The SMILES string of the molecule is CC1CCCCN(OC(=O)NC(C(=O)N(C)c2cccnc2)[C@@H](C)c2ccccc2)C1. The number of aromatic nitrogens is 1. The highest BCUT2D eigenvalue weighted by atomic mass is 16.7. The second-order valence-corrected chi connectivity index (χ2v) is 8.30. The first-order valence-electron chi connectivity index (χ1n) is 10.9. The second-order valence-electron chi connectivity index (χ2n) is 8.30. The lowest BCUT2D eigenvalue weighted by Crippen LogP contribution is -2.51. The number of anilines is 1. The highest BCUT2D eigenvalue weighted by molar-refractivity contribution is 5.98. The van der Waals surface area contributed by atoms with Crippen LogP contribution in [0, 0.1) is 5.92 Å². The molecule has 2 aromatic rings. The Morgan fingerprint density at radius 2 is 1.97 bits per heavy atom. The largest absolute Gasteiger partial charge is 0.426 e. The van der Waals surface area contributed by atoms with Crippen LogP contribution in [0.5, 0.6) is 0 Å². The van der Waals surface area contributed by atoms with E-state index >= 15 is 0 Å². The third kappa shape index (κ3) is 6.28. The van der Waals surface area contributed by atoms with E-state index in [1.165, 1.54) is 4.90 Å². The summed E-state index contributed by atoms with van der Waals surface area (Å²) in [6, 6.07) is 12.5. The molecule has 1 aromatic heterocycles. The molecule has 1 aromatic carbocycles. The van der Waals surface area contributed by atoms with E-state index in [0.717, 1.165) is 24.8 Å². The molecule has 31 heavy (non-hydrogen) atoms. The molecule has 0 aliphatic carbocycles. The highest BCUT2D eigenvalue weighted by Crippen LogP contribution is 2.23. The number of benzene rings is 1. The van der Waals surface area contributed by atoms with Crippen molar-refractivity contribution in [2.75, 3.05) is 25.0 Å². The summed E-state index contributed by atoms with van der Waals surface area (Å²) in [7, 11) is 1.69. The van der Waals surface area contributed by atoms with Gasteiger partial charge in [-0.1, -0.05) is 50.6 Å². The van der Waals surface area contributed by atoms with Crippen molar-refractivity contribution in [3.05, 3.63) is 60.4 Å². The lowest BCUT2D eigenvalue weighted by molar-refractivity contribution is -0.123. The van der Waals surface area contributed by atoms with Crippen LogP contribution in [0.2, 0.25) is 0 Å². The first-order chi connectivity index (χ1) is 15.0. The number of hydrogen-bond acceptors (Lipinski definition) is 5. The van der Waals surface area contributed by atoms with Gasteiger partial charge < -0.3 is 15.1 Å². The molecule has 7 heteroatoms.